The van der Waals surface area contributed by atoms with Gasteiger partial charge in [-0.2, -0.15) is 0 Å². The molecule has 0 fully saturated rings. The van der Waals surface area contributed by atoms with Crippen LogP contribution in [0.1, 0.15) is 16.1 Å². The number of hydrogen-bond donors (Lipinski definition) is 1. The van der Waals surface area contributed by atoms with Gasteiger partial charge in [-0.25, -0.2) is 4.39 Å². The highest BCUT2D eigenvalue weighted by molar-refractivity contribution is 7.80. The molecule has 2 rings (SSSR count). The molecule has 3 nitrogen and oxygen atoms in total. The highest BCUT2D eigenvalue weighted by Gasteiger charge is 2.16. The maximum Gasteiger partial charge on any atom is 0.256 e. The molecule has 1 aromatic carbocycles. The number of nitrogens with zero attached hydrogens (tertiary/aromatic N) is 2. The molecule has 20 heavy (non-hydrogen) atoms. The van der Waals surface area contributed by atoms with Crippen molar-refractivity contribution in [1.29, 1.82) is 0 Å². The number of benzene rings is 1. The quantitative estimate of drug-likeness (QED) is 0.878. The zero-order chi connectivity index (χ0) is 14.5. The fourth-order valence-electron chi connectivity index (χ4n) is 1.81. The van der Waals surface area contributed by atoms with Crippen molar-refractivity contribution in [3.05, 3.63) is 59.7 Å². The van der Waals surface area contributed by atoms with Gasteiger partial charge in [0.2, 0.25) is 0 Å². The summed E-state index contributed by atoms with van der Waals surface area (Å²) in [6.07, 6.45) is 2.34. The number of thiol groups is 1. The molecule has 0 spiro atoms. The van der Waals surface area contributed by atoms with Gasteiger partial charge in [0, 0.05) is 36.8 Å². The minimum absolute atomic E-state index is 0.0426. The summed E-state index contributed by atoms with van der Waals surface area (Å²) in [6, 6.07) is 9.84. The molecule has 0 bridgehead atoms. The van der Waals surface area contributed by atoms with Crippen molar-refractivity contribution in [3.8, 4) is 0 Å². The maximum atomic E-state index is 13.6. The molecule has 0 saturated carbocycles. The van der Waals surface area contributed by atoms with Gasteiger partial charge < -0.3 is 4.90 Å². The molecule has 1 heterocycles. The second-order valence-corrected chi connectivity index (χ2v) is 4.98. The van der Waals surface area contributed by atoms with E-state index in [0.717, 1.165) is 5.69 Å². The lowest BCUT2D eigenvalue weighted by Crippen LogP contribution is -2.29. The number of carbonyl (C=O) groups excluding carboxylic acids is 1. The molecule has 0 unspecified atom stereocenters. The molecule has 0 saturated heterocycles. The number of pyridine rings is 1. The number of amides is 1. The van der Waals surface area contributed by atoms with Crippen LogP contribution in [-0.4, -0.2) is 29.4 Å². The van der Waals surface area contributed by atoms with E-state index in [-0.39, 0.29) is 11.5 Å². The Labute approximate surface area is 122 Å². The van der Waals surface area contributed by atoms with E-state index in [4.69, 9.17) is 0 Å². The van der Waals surface area contributed by atoms with Crippen LogP contribution in [0.2, 0.25) is 0 Å². The zero-order valence-corrected chi connectivity index (χ0v) is 12.0. The van der Waals surface area contributed by atoms with Crippen LogP contribution in [0.15, 0.2) is 47.5 Å². The van der Waals surface area contributed by atoms with Gasteiger partial charge in [0.05, 0.1) is 5.56 Å². The zero-order valence-electron chi connectivity index (χ0n) is 11.1. The van der Waals surface area contributed by atoms with Gasteiger partial charge in [-0.05, 0) is 30.3 Å². The van der Waals surface area contributed by atoms with Gasteiger partial charge in [0.15, 0.2) is 0 Å². The number of aromatic nitrogens is 1. The molecule has 1 amide bonds. The fraction of sp³-hybridized carbons (Fsp3) is 0.200. The Bertz CT molecular complexity index is 604. The van der Waals surface area contributed by atoms with Crippen LogP contribution in [0.25, 0.3) is 0 Å². The summed E-state index contributed by atoms with van der Waals surface area (Å²) in [6.45, 7) is 0.478. The van der Waals surface area contributed by atoms with Crippen molar-refractivity contribution in [1.82, 2.24) is 9.88 Å². The molecule has 5 heteroatoms. The normalized spacial score (nSPS) is 10.3. The molecule has 0 N–H and O–H groups in total. The smallest absolute Gasteiger partial charge is 0.256 e. The van der Waals surface area contributed by atoms with Crippen molar-refractivity contribution >= 4 is 18.5 Å². The molecular weight excluding hydrogens is 275 g/mol. The SMILES string of the molecule is CN(CCc1ccccn1)C(=O)c1cc(S)ccc1F. The Morgan fingerprint density at radius 2 is 2.15 bits per heavy atom. The van der Waals surface area contributed by atoms with Gasteiger partial charge in [0.25, 0.3) is 5.91 Å². The molecule has 0 radical (unpaired) electrons. The van der Waals surface area contributed by atoms with Crippen molar-refractivity contribution in [3.63, 3.8) is 0 Å². The van der Waals surface area contributed by atoms with E-state index in [2.05, 4.69) is 17.6 Å². The molecular formula is C15H15FN2OS. The topological polar surface area (TPSA) is 33.2 Å². The second-order valence-electron chi connectivity index (χ2n) is 4.46. The Morgan fingerprint density at radius 3 is 2.85 bits per heavy atom. The van der Waals surface area contributed by atoms with Crippen molar-refractivity contribution in [2.24, 2.45) is 0 Å². The number of likely N-dealkylation sites (N-methyl/N-ethyl adjacent to an activating group) is 1. The van der Waals surface area contributed by atoms with Gasteiger partial charge in [-0.1, -0.05) is 6.07 Å². The third kappa shape index (κ3) is 3.57. The summed E-state index contributed by atoms with van der Waals surface area (Å²) in [7, 11) is 1.65. The average molecular weight is 290 g/mol. The van der Waals surface area contributed by atoms with Gasteiger partial charge in [-0.3, -0.25) is 9.78 Å². The Balaban J connectivity index is 2.03. The maximum absolute atomic E-state index is 13.6. The third-order valence-corrected chi connectivity index (χ3v) is 3.23. The van der Waals surface area contributed by atoms with Gasteiger partial charge in [-0.15, -0.1) is 12.6 Å². The van der Waals surface area contributed by atoms with E-state index >= 15 is 0 Å². The average Bonchev–Trinajstić information content (AvgIpc) is 2.47. The predicted molar refractivity (Wildman–Crippen MR) is 78.6 cm³/mol. The standard InChI is InChI=1S/C15H15FN2OS/c1-18(9-7-11-4-2-3-8-17-11)15(19)13-10-12(20)5-6-14(13)16/h2-6,8,10,20H,7,9H2,1H3. The molecule has 0 aliphatic carbocycles. The monoisotopic (exact) mass is 290 g/mol. The lowest BCUT2D eigenvalue weighted by molar-refractivity contribution is 0.0791. The van der Waals surface area contributed by atoms with Crippen LogP contribution in [0.5, 0.6) is 0 Å². The Kier molecular flexibility index (Phi) is 4.74. The number of hydrogen-bond acceptors (Lipinski definition) is 3. The lowest BCUT2D eigenvalue weighted by atomic mass is 10.1. The summed E-state index contributed by atoms with van der Waals surface area (Å²) in [5, 5.41) is 0. The minimum Gasteiger partial charge on any atom is -0.341 e. The van der Waals surface area contributed by atoms with Crippen LogP contribution in [-0.2, 0) is 6.42 Å². The second kappa shape index (κ2) is 6.52. The molecule has 2 aromatic rings. The Hall–Kier alpha value is -1.88. The first-order valence-electron chi connectivity index (χ1n) is 6.22. The van der Waals surface area contributed by atoms with Crippen LogP contribution < -0.4 is 0 Å². The summed E-state index contributed by atoms with van der Waals surface area (Å²) in [4.78, 5) is 18.4. The summed E-state index contributed by atoms with van der Waals surface area (Å²) in [5.41, 5.74) is 0.941. The van der Waals surface area contributed by atoms with Crippen molar-refractivity contribution < 1.29 is 9.18 Å². The largest absolute Gasteiger partial charge is 0.341 e. The third-order valence-electron chi connectivity index (χ3n) is 2.96. The van der Waals surface area contributed by atoms with Crippen LogP contribution in [0, 0.1) is 5.82 Å². The van der Waals surface area contributed by atoms with E-state index < -0.39 is 5.82 Å². The molecule has 0 aliphatic rings. The van der Waals surface area contributed by atoms with E-state index in [9.17, 15) is 9.18 Å². The summed E-state index contributed by atoms with van der Waals surface area (Å²) >= 11 is 4.13. The molecule has 0 atom stereocenters. The highest BCUT2D eigenvalue weighted by atomic mass is 32.1. The predicted octanol–water partition coefficient (Wildman–Crippen LogP) is 2.82. The minimum atomic E-state index is -0.530. The van der Waals surface area contributed by atoms with E-state index in [1.54, 1.807) is 13.2 Å². The first kappa shape index (κ1) is 14.5. The number of rotatable bonds is 4. The molecule has 104 valence electrons. The fourth-order valence-corrected chi connectivity index (χ4v) is 2.02. The Morgan fingerprint density at radius 1 is 1.35 bits per heavy atom. The van der Waals surface area contributed by atoms with E-state index in [0.29, 0.717) is 17.9 Å². The van der Waals surface area contributed by atoms with E-state index in [1.807, 2.05) is 18.2 Å². The van der Waals surface area contributed by atoms with Crippen LogP contribution >= 0.6 is 12.6 Å². The first-order chi connectivity index (χ1) is 9.58. The number of halogens is 1. The van der Waals surface area contributed by atoms with E-state index in [1.165, 1.54) is 23.1 Å². The summed E-state index contributed by atoms with van der Waals surface area (Å²) in [5.74, 6) is -0.883. The summed E-state index contributed by atoms with van der Waals surface area (Å²) < 4.78 is 13.6. The van der Waals surface area contributed by atoms with Crippen molar-refractivity contribution in [2.75, 3.05) is 13.6 Å². The molecule has 0 aliphatic heterocycles. The van der Waals surface area contributed by atoms with Gasteiger partial charge >= 0.3 is 0 Å². The van der Waals surface area contributed by atoms with Crippen LogP contribution in [0.4, 0.5) is 4.39 Å². The molecule has 1 aromatic heterocycles. The van der Waals surface area contributed by atoms with Crippen molar-refractivity contribution in [2.45, 2.75) is 11.3 Å². The number of carbonyl (C=O) groups is 1. The first-order valence-corrected chi connectivity index (χ1v) is 6.66. The highest BCUT2D eigenvalue weighted by Crippen LogP contribution is 2.15. The lowest BCUT2D eigenvalue weighted by Gasteiger charge is -2.17. The van der Waals surface area contributed by atoms with Gasteiger partial charge in [0.1, 0.15) is 5.82 Å². The van der Waals surface area contributed by atoms with Crippen LogP contribution in [0.3, 0.4) is 0 Å².